The Morgan fingerprint density at radius 2 is 1.66 bits per heavy atom. The fourth-order valence-corrected chi connectivity index (χ4v) is 4.79. The van der Waals surface area contributed by atoms with Crippen molar-refractivity contribution in [3.05, 3.63) is 107 Å². The molecule has 1 N–H and O–H groups in total. The molecular formula is C28H25N3O3S. The maximum Gasteiger partial charge on any atom is 0.263 e. The normalized spacial score (nSPS) is 10.9. The average Bonchev–Trinajstić information content (AvgIpc) is 3.46. The van der Waals surface area contributed by atoms with Gasteiger partial charge >= 0.3 is 0 Å². The van der Waals surface area contributed by atoms with Crippen molar-refractivity contribution in [1.29, 1.82) is 0 Å². The van der Waals surface area contributed by atoms with Gasteiger partial charge < -0.3 is 14.8 Å². The summed E-state index contributed by atoms with van der Waals surface area (Å²) in [7, 11) is 1.65. The number of aromatic nitrogens is 2. The van der Waals surface area contributed by atoms with Crippen LogP contribution in [0.2, 0.25) is 0 Å². The molecule has 0 bridgehead atoms. The second kappa shape index (κ2) is 10.0. The van der Waals surface area contributed by atoms with Crippen molar-refractivity contribution in [3.63, 3.8) is 0 Å². The van der Waals surface area contributed by atoms with Gasteiger partial charge in [-0.05, 0) is 54.4 Å². The lowest BCUT2D eigenvalue weighted by Crippen LogP contribution is -2.22. The quantitative estimate of drug-likeness (QED) is 0.299. The van der Waals surface area contributed by atoms with Crippen LogP contribution in [0.4, 0.5) is 0 Å². The fraction of sp³-hybridized carbons (Fsp3) is 0.143. The van der Waals surface area contributed by atoms with E-state index in [9.17, 15) is 4.79 Å². The standard InChI is InChI=1S/C28H25N3O3S/c1-19-26(35-28-30-25(17-31(19)28)22-10-14-23(33-2)15-11-22)27(32)29-16-20-8-12-24(13-9-20)34-18-21-6-4-3-5-7-21/h3-15,17H,16,18H2,1-2H3,(H,29,32). The van der Waals surface area contributed by atoms with Gasteiger partial charge in [-0.2, -0.15) is 0 Å². The third-order valence-corrected chi connectivity index (χ3v) is 6.93. The molecule has 2 heterocycles. The molecule has 1 amide bonds. The third kappa shape index (κ3) is 5.05. The van der Waals surface area contributed by atoms with Crippen LogP contribution in [0, 0.1) is 6.92 Å². The predicted octanol–water partition coefficient (Wildman–Crippen LogP) is 5.89. The van der Waals surface area contributed by atoms with Crippen LogP contribution in [0.5, 0.6) is 11.5 Å². The topological polar surface area (TPSA) is 64.9 Å². The Kier molecular flexibility index (Phi) is 6.50. The van der Waals surface area contributed by atoms with E-state index in [-0.39, 0.29) is 5.91 Å². The van der Waals surface area contributed by atoms with Crippen molar-refractivity contribution in [2.45, 2.75) is 20.1 Å². The molecule has 2 aromatic heterocycles. The number of hydrogen-bond donors (Lipinski definition) is 1. The van der Waals surface area contributed by atoms with Gasteiger partial charge in [-0.25, -0.2) is 4.98 Å². The van der Waals surface area contributed by atoms with Gasteiger partial charge in [0.2, 0.25) is 0 Å². The summed E-state index contributed by atoms with van der Waals surface area (Å²) in [5.41, 5.74) is 4.87. The first-order valence-electron chi connectivity index (χ1n) is 11.3. The van der Waals surface area contributed by atoms with Crippen LogP contribution in [0.3, 0.4) is 0 Å². The van der Waals surface area contributed by atoms with Gasteiger partial charge in [-0.3, -0.25) is 9.20 Å². The van der Waals surface area contributed by atoms with Crippen molar-refractivity contribution < 1.29 is 14.3 Å². The number of fused-ring (bicyclic) bond motifs is 1. The number of amides is 1. The number of thiazole rings is 1. The summed E-state index contributed by atoms with van der Waals surface area (Å²) >= 11 is 1.39. The van der Waals surface area contributed by atoms with Crippen LogP contribution < -0.4 is 14.8 Å². The molecule has 0 saturated carbocycles. The maximum atomic E-state index is 12.9. The third-order valence-electron chi connectivity index (χ3n) is 5.77. The number of benzene rings is 3. The highest BCUT2D eigenvalue weighted by Gasteiger charge is 2.18. The van der Waals surface area contributed by atoms with Crippen LogP contribution in [-0.4, -0.2) is 22.4 Å². The highest BCUT2D eigenvalue weighted by atomic mass is 32.1. The molecule has 6 nitrogen and oxygen atoms in total. The van der Waals surface area contributed by atoms with Gasteiger partial charge in [-0.15, -0.1) is 0 Å². The van der Waals surface area contributed by atoms with Gasteiger partial charge in [0.25, 0.3) is 5.91 Å². The molecule has 0 spiro atoms. The molecule has 176 valence electrons. The number of imidazole rings is 1. The van der Waals surface area contributed by atoms with Crippen LogP contribution in [0.25, 0.3) is 16.2 Å². The Hall–Kier alpha value is -4.10. The number of nitrogens with zero attached hydrogens (tertiary/aromatic N) is 2. The number of ether oxygens (including phenoxy) is 2. The minimum absolute atomic E-state index is 0.103. The number of nitrogens with one attached hydrogen (secondary N) is 1. The second-order valence-electron chi connectivity index (χ2n) is 8.12. The average molecular weight is 484 g/mol. The van der Waals surface area contributed by atoms with Crippen molar-refractivity contribution in [1.82, 2.24) is 14.7 Å². The van der Waals surface area contributed by atoms with E-state index >= 15 is 0 Å². The lowest BCUT2D eigenvalue weighted by molar-refractivity contribution is 0.0954. The summed E-state index contributed by atoms with van der Waals surface area (Å²) in [6, 6.07) is 25.6. The molecule has 0 radical (unpaired) electrons. The SMILES string of the molecule is COc1ccc(-c2cn3c(C)c(C(=O)NCc4ccc(OCc5ccccc5)cc4)sc3n2)cc1. The molecule has 0 aliphatic carbocycles. The van der Waals surface area contributed by atoms with E-state index in [1.54, 1.807) is 7.11 Å². The van der Waals surface area contributed by atoms with E-state index in [2.05, 4.69) is 5.32 Å². The monoisotopic (exact) mass is 483 g/mol. The highest BCUT2D eigenvalue weighted by Crippen LogP contribution is 2.28. The lowest BCUT2D eigenvalue weighted by atomic mass is 10.2. The first kappa shape index (κ1) is 22.7. The zero-order valence-corrected chi connectivity index (χ0v) is 20.3. The molecule has 0 saturated heterocycles. The molecule has 3 aromatic carbocycles. The van der Waals surface area contributed by atoms with Gasteiger partial charge in [0.1, 0.15) is 23.0 Å². The minimum Gasteiger partial charge on any atom is -0.497 e. The zero-order valence-electron chi connectivity index (χ0n) is 19.5. The van der Waals surface area contributed by atoms with E-state index < -0.39 is 0 Å². The van der Waals surface area contributed by atoms with E-state index in [0.717, 1.165) is 44.5 Å². The van der Waals surface area contributed by atoms with Gasteiger partial charge in [-0.1, -0.05) is 53.8 Å². The van der Waals surface area contributed by atoms with Gasteiger partial charge in [0.05, 0.1) is 12.8 Å². The number of aryl methyl sites for hydroxylation is 1. The Labute approximate surface area is 207 Å². The molecule has 0 fully saturated rings. The largest absolute Gasteiger partial charge is 0.497 e. The van der Waals surface area contributed by atoms with E-state index in [1.165, 1.54) is 11.3 Å². The number of hydrogen-bond acceptors (Lipinski definition) is 5. The summed E-state index contributed by atoms with van der Waals surface area (Å²) in [6.07, 6.45) is 1.97. The molecule has 5 aromatic rings. The first-order valence-corrected chi connectivity index (χ1v) is 12.1. The second-order valence-corrected chi connectivity index (χ2v) is 9.10. The highest BCUT2D eigenvalue weighted by molar-refractivity contribution is 7.19. The minimum atomic E-state index is -0.103. The Morgan fingerprint density at radius 1 is 0.943 bits per heavy atom. The molecule has 0 unspecified atom stereocenters. The summed E-state index contributed by atoms with van der Waals surface area (Å²) in [6.45, 7) is 2.90. The number of methoxy groups -OCH3 is 1. The number of rotatable bonds is 8. The first-order chi connectivity index (χ1) is 17.1. The van der Waals surface area contributed by atoms with E-state index in [1.807, 2.05) is 96.4 Å². The van der Waals surface area contributed by atoms with Crippen molar-refractivity contribution in [2.75, 3.05) is 7.11 Å². The van der Waals surface area contributed by atoms with Gasteiger partial charge in [0.15, 0.2) is 4.96 Å². The number of carbonyl (C=O) groups is 1. The van der Waals surface area contributed by atoms with E-state index in [4.69, 9.17) is 14.5 Å². The van der Waals surface area contributed by atoms with Crippen molar-refractivity contribution in [2.24, 2.45) is 0 Å². The fourth-order valence-electron chi connectivity index (χ4n) is 3.77. The summed E-state index contributed by atoms with van der Waals surface area (Å²) in [5, 5.41) is 3.02. The summed E-state index contributed by atoms with van der Waals surface area (Å²) < 4.78 is 13.0. The van der Waals surface area contributed by atoms with E-state index in [0.29, 0.717) is 18.0 Å². The molecular weight excluding hydrogens is 458 g/mol. The Morgan fingerprint density at radius 3 is 2.34 bits per heavy atom. The lowest BCUT2D eigenvalue weighted by Gasteiger charge is -2.08. The van der Waals surface area contributed by atoms with Crippen LogP contribution in [0.15, 0.2) is 85.1 Å². The molecule has 0 aliphatic rings. The Bertz CT molecular complexity index is 1440. The van der Waals surface area contributed by atoms with Gasteiger partial charge in [0, 0.05) is 24.0 Å². The number of carbonyl (C=O) groups excluding carboxylic acids is 1. The van der Waals surface area contributed by atoms with Crippen LogP contribution in [0.1, 0.15) is 26.5 Å². The summed E-state index contributed by atoms with van der Waals surface area (Å²) in [5.74, 6) is 1.50. The van der Waals surface area contributed by atoms with Crippen molar-refractivity contribution in [3.8, 4) is 22.8 Å². The molecule has 35 heavy (non-hydrogen) atoms. The smallest absolute Gasteiger partial charge is 0.263 e. The van der Waals surface area contributed by atoms with Crippen molar-refractivity contribution >= 4 is 22.2 Å². The zero-order chi connectivity index (χ0) is 24.2. The maximum absolute atomic E-state index is 12.9. The summed E-state index contributed by atoms with van der Waals surface area (Å²) in [4.78, 5) is 19.0. The van der Waals surface area contributed by atoms with Crippen LogP contribution in [-0.2, 0) is 13.2 Å². The Balaban J connectivity index is 1.21. The molecule has 0 aliphatic heterocycles. The molecule has 0 atom stereocenters. The predicted molar refractivity (Wildman–Crippen MR) is 138 cm³/mol. The molecule has 7 heteroatoms. The molecule has 5 rings (SSSR count). The van der Waals surface area contributed by atoms with Crippen LogP contribution >= 0.6 is 11.3 Å².